The largest absolute Gasteiger partial charge is 0.476 e. The first-order valence-corrected chi connectivity index (χ1v) is 16.8. The fourth-order valence-electron chi connectivity index (χ4n) is 5.34. The number of fused-ring (bicyclic) bond motifs is 1. The summed E-state index contributed by atoms with van der Waals surface area (Å²) in [5.74, 6) is -1.65. The molecule has 252 valence electrons. The van der Waals surface area contributed by atoms with Crippen molar-refractivity contribution in [1.82, 2.24) is 24.6 Å². The van der Waals surface area contributed by atoms with E-state index in [2.05, 4.69) is 20.0 Å². The zero-order chi connectivity index (χ0) is 33.2. The van der Waals surface area contributed by atoms with Crippen LogP contribution in [0, 0.1) is 5.82 Å². The van der Waals surface area contributed by atoms with Crippen LogP contribution in [0.15, 0.2) is 24.5 Å². The average Bonchev–Trinajstić information content (AvgIpc) is 3.51. The molecule has 6 atom stereocenters. The highest BCUT2D eigenvalue weighted by molar-refractivity contribution is 7.52. The first kappa shape index (κ1) is 34.2. The van der Waals surface area contributed by atoms with Crippen molar-refractivity contribution in [3.8, 4) is 11.6 Å². The first-order chi connectivity index (χ1) is 21.8. The Balaban J connectivity index is 1.35. The lowest BCUT2D eigenvalue weighted by molar-refractivity contribution is -0.152. The summed E-state index contributed by atoms with van der Waals surface area (Å²) in [6.07, 6.45) is 0.363. The van der Waals surface area contributed by atoms with Gasteiger partial charge in [-0.15, -0.1) is 0 Å². The number of nitrogens with two attached hydrogens (primary N) is 1. The Morgan fingerprint density at radius 1 is 1.33 bits per heavy atom. The van der Waals surface area contributed by atoms with E-state index in [9.17, 15) is 18.9 Å². The number of imidazole rings is 1. The molecule has 0 bridgehead atoms. The van der Waals surface area contributed by atoms with Crippen LogP contribution in [0.25, 0.3) is 11.2 Å². The van der Waals surface area contributed by atoms with Crippen molar-refractivity contribution in [2.45, 2.75) is 89.1 Å². The van der Waals surface area contributed by atoms with E-state index in [0.717, 1.165) is 37.5 Å². The Morgan fingerprint density at radius 2 is 2.07 bits per heavy atom. The monoisotopic (exact) mass is 688 g/mol. The molecule has 1 saturated carbocycles. The molecule has 1 aliphatic carbocycles. The molecule has 3 heterocycles. The molecule has 0 amide bonds. The van der Waals surface area contributed by atoms with Gasteiger partial charge in [-0.05, 0) is 58.6 Å². The molecule has 1 aromatic carbocycles. The van der Waals surface area contributed by atoms with Crippen LogP contribution < -0.4 is 20.1 Å². The van der Waals surface area contributed by atoms with Crippen LogP contribution in [-0.4, -0.2) is 73.8 Å². The van der Waals surface area contributed by atoms with Gasteiger partial charge in [0.1, 0.15) is 35.4 Å². The molecule has 0 radical (unpaired) electrons. The van der Waals surface area contributed by atoms with Crippen LogP contribution in [0.5, 0.6) is 11.6 Å². The van der Waals surface area contributed by atoms with Crippen molar-refractivity contribution in [3.63, 3.8) is 0 Å². The van der Waals surface area contributed by atoms with Crippen molar-refractivity contribution in [2.24, 2.45) is 0 Å². The van der Waals surface area contributed by atoms with E-state index in [-0.39, 0.29) is 46.5 Å². The van der Waals surface area contributed by atoms with Crippen molar-refractivity contribution >= 4 is 42.4 Å². The normalized spacial score (nSPS) is 25.7. The summed E-state index contributed by atoms with van der Waals surface area (Å²) in [4.78, 5) is 25.3. The lowest BCUT2D eigenvalue weighted by atomic mass is 9.98. The highest BCUT2D eigenvalue weighted by atomic mass is 35.5. The minimum atomic E-state index is -4.53. The number of rotatable bonds is 12. The summed E-state index contributed by atoms with van der Waals surface area (Å²) in [5, 5.41) is 13.4. The van der Waals surface area contributed by atoms with Gasteiger partial charge in [0.2, 0.25) is 11.8 Å². The molecular formula is C28H36ClF2N6O8P. The maximum Gasteiger partial charge on any atom is 0.459 e. The Morgan fingerprint density at radius 3 is 2.76 bits per heavy atom. The van der Waals surface area contributed by atoms with Gasteiger partial charge in [0.05, 0.1) is 24.6 Å². The third-order valence-electron chi connectivity index (χ3n) is 7.69. The molecule has 3 aromatic rings. The van der Waals surface area contributed by atoms with Crippen molar-refractivity contribution in [1.29, 1.82) is 0 Å². The van der Waals surface area contributed by atoms with Crippen LogP contribution in [0.4, 0.5) is 14.7 Å². The van der Waals surface area contributed by atoms with E-state index in [1.165, 1.54) is 24.7 Å². The average molecular weight is 689 g/mol. The van der Waals surface area contributed by atoms with E-state index < -0.39 is 56.3 Å². The predicted octanol–water partition coefficient (Wildman–Crippen LogP) is 4.64. The lowest BCUT2D eigenvalue weighted by Gasteiger charge is -2.27. The Kier molecular flexibility index (Phi) is 10.3. The molecule has 2 fully saturated rings. The Labute approximate surface area is 268 Å². The van der Waals surface area contributed by atoms with E-state index >= 15 is 4.39 Å². The number of aromatic nitrogens is 4. The number of benzene rings is 1. The Bertz CT molecular complexity index is 1610. The van der Waals surface area contributed by atoms with Gasteiger partial charge in [-0.3, -0.25) is 13.9 Å². The molecule has 1 unspecified atom stereocenters. The molecule has 5 rings (SSSR count). The molecule has 14 nitrogen and oxygen atoms in total. The van der Waals surface area contributed by atoms with E-state index in [0.29, 0.717) is 12.8 Å². The maximum atomic E-state index is 15.8. The second kappa shape index (κ2) is 13.9. The second-order valence-corrected chi connectivity index (χ2v) is 13.4. The highest BCUT2D eigenvalue weighted by Crippen LogP contribution is 2.48. The number of esters is 1. The fourth-order valence-corrected chi connectivity index (χ4v) is 7.01. The number of nitrogens with one attached hydrogen (secondary N) is 1. The highest BCUT2D eigenvalue weighted by Gasteiger charge is 2.55. The summed E-state index contributed by atoms with van der Waals surface area (Å²) in [6, 6.07) is 2.03. The van der Waals surface area contributed by atoms with Gasteiger partial charge in [0.25, 0.3) is 0 Å². The molecule has 0 spiro atoms. The number of nitrogen functional groups attached to an aromatic ring is 1. The van der Waals surface area contributed by atoms with Gasteiger partial charge in [-0.1, -0.05) is 18.0 Å². The number of carbonyl (C=O) groups excluding carboxylic acids is 1. The molecule has 2 aromatic heterocycles. The number of halogens is 3. The third-order valence-corrected chi connectivity index (χ3v) is 9.63. The number of aliphatic hydroxyl groups is 1. The van der Waals surface area contributed by atoms with Crippen molar-refractivity contribution < 1.29 is 46.5 Å². The lowest BCUT2D eigenvalue weighted by Crippen LogP contribution is -2.42. The zero-order valence-electron chi connectivity index (χ0n) is 25.4. The quantitative estimate of drug-likeness (QED) is 0.177. The number of nitrogens with zero attached hydrogens (tertiary/aromatic N) is 4. The van der Waals surface area contributed by atoms with Gasteiger partial charge >= 0.3 is 13.7 Å². The maximum absolute atomic E-state index is 15.8. The Hall–Kier alpha value is -3.14. The number of hydrogen-bond acceptors (Lipinski definition) is 12. The summed E-state index contributed by atoms with van der Waals surface area (Å²) >= 11 is 5.87. The van der Waals surface area contributed by atoms with Crippen molar-refractivity contribution in [2.75, 3.05) is 18.9 Å². The van der Waals surface area contributed by atoms with E-state index in [1.54, 1.807) is 6.92 Å². The molecular weight excluding hydrogens is 653 g/mol. The van der Waals surface area contributed by atoms with Crippen LogP contribution in [0.1, 0.15) is 59.1 Å². The van der Waals surface area contributed by atoms with E-state index in [4.69, 9.17) is 40.6 Å². The molecule has 46 heavy (non-hydrogen) atoms. The number of hydrogen-bond donors (Lipinski definition) is 3. The summed E-state index contributed by atoms with van der Waals surface area (Å²) < 4.78 is 73.0. The molecule has 1 aliphatic heterocycles. The minimum Gasteiger partial charge on any atom is -0.476 e. The zero-order valence-corrected chi connectivity index (χ0v) is 27.0. The summed E-state index contributed by atoms with van der Waals surface area (Å²) in [7, 11) is -4.53. The van der Waals surface area contributed by atoms with Gasteiger partial charge in [-0.25, -0.2) is 18.3 Å². The molecule has 1 saturated heterocycles. The third kappa shape index (κ3) is 7.37. The van der Waals surface area contributed by atoms with Gasteiger partial charge < -0.3 is 29.6 Å². The number of alkyl halides is 1. The molecule has 4 N–H and O–H groups in total. The number of ether oxygens (including phenoxy) is 3. The number of carbonyl (C=O) groups is 1. The predicted molar refractivity (Wildman–Crippen MR) is 161 cm³/mol. The first-order valence-electron chi connectivity index (χ1n) is 14.8. The van der Waals surface area contributed by atoms with Crippen LogP contribution in [0.2, 0.25) is 5.02 Å². The fraction of sp³-hybridized carbons (Fsp3) is 0.571. The molecule has 18 heteroatoms. The summed E-state index contributed by atoms with van der Waals surface area (Å²) in [6.45, 7) is 3.90. The minimum absolute atomic E-state index is 0.0965. The van der Waals surface area contributed by atoms with Gasteiger partial charge in [0, 0.05) is 6.07 Å². The number of anilines is 1. The summed E-state index contributed by atoms with van der Waals surface area (Å²) in [5.41, 5.74) is 4.00. The van der Waals surface area contributed by atoms with Crippen LogP contribution in [-0.2, 0) is 23.4 Å². The topological polar surface area (TPSA) is 182 Å². The standard InChI is InChI=1S/C28H36ClF2N6O8P/c1-4-41-24-21-23(34-27(32)35-24)37(14-33-21)26-28(3,39)22(31)20(44-26)13-42-46(40,45-17-10-11-19(30)18(29)12-17)36-15(2)25(38)43-16-8-6-5-7-9-16/h10-12,14-16,20,22,26,39H,4-9,13H2,1-3H3,(H,36,40)(H2,32,34,35)/t15-,20+,22+,26+,28+,46?/m0/s1. The smallest absolute Gasteiger partial charge is 0.459 e. The van der Waals surface area contributed by atoms with Crippen molar-refractivity contribution in [3.05, 3.63) is 35.4 Å². The SMILES string of the molecule is CCOc1nc(N)nc2c1ncn2[C@@H]1O[C@H](COP(=O)(N[C@@H](C)C(=O)OC2CCCCC2)Oc2ccc(F)c(Cl)c2)[C@@H](F)[C@@]1(C)O. The molecule has 2 aliphatic rings. The van der Waals surface area contributed by atoms with E-state index in [1.807, 2.05) is 0 Å². The van der Waals surface area contributed by atoms with Crippen LogP contribution in [0.3, 0.4) is 0 Å². The van der Waals surface area contributed by atoms with Gasteiger partial charge in [0.15, 0.2) is 23.6 Å². The van der Waals surface area contributed by atoms with Crippen LogP contribution >= 0.6 is 19.3 Å². The van der Waals surface area contributed by atoms with Gasteiger partial charge in [-0.2, -0.15) is 15.1 Å². The second-order valence-electron chi connectivity index (χ2n) is 11.3.